The van der Waals surface area contributed by atoms with Crippen molar-refractivity contribution in [2.24, 2.45) is 5.92 Å². The van der Waals surface area contributed by atoms with Crippen LogP contribution in [0.3, 0.4) is 0 Å². The molecule has 0 aliphatic heterocycles. The number of nitriles is 1. The topological polar surface area (TPSA) is 40.9 Å². The summed E-state index contributed by atoms with van der Waals surface area (Å²) in [4.78, 5) is 0. The molecule has 0 aliphatic carbocycles. The number of hydrogen-bond acceptors (Lipinski definition) is 2. The van der Waals surface area contributed by atoms with Crippen LogP contribution in [-0.4, -0.2) is 15.7 Å². The highest BCUT2D eigenvalue weighted by Gasteiger charge is 2.01. The molecule has 0 saturated heterocycles. The third-order valence-electron chi connectivity index (χ3n) is 1.18. The fourth-order valence-electron chi connectivity index (χ4n) is 0.767. The SMILES string of the molecule is CC(C)CS(=O)CCCC#N. The number of rotatable bonds is 5. The highest BCUT2D eigenvalue weighted by atomic mass is 32.2. The average molecular weight is 173 g/mol. The van der Waals surface area contributed by atoms with Gasteiger partial charge in [0.15, 0.2) is 0 Å². The summed E-state index contributed by atoms with van der Waals surface area (Å²) in [7, 11) is -0.703. The van der Waals surface area contributed by atoms with Crippen LogP contribution in [0.1, 0.15) is 26.7 Å². The van der Waals surface area contributed by atoms with E-state index in [-0.39, 0.29) is 0 Å². The molecule has 64 valence electrons. The van der Waals surface area contributed by atoms with E-state index < -0.39 is 10.8 Å². The molecule has 0 spiro atoms. The van der Waals surface area contributed by atoms with Gasteiger partial charge >= 0.3 is 0 Å². The minimum atomic E-state index is -0.703. The number of hydrogen-bond donors (Lipinski definition) is 0. The maximum Gasteiger partial charge on any atom is 0.0622 e. The molecule has 1 unspecified atom stereocenters. The third-order valence-corrected chi connectivity index (χ3v) is 2.96. The molecular weight excluding hydrogens is 158 g/mol. The molecule has 0 rings (SSSR count). The summed E-state index contributed by atoms with van der Waals surface area (Å²) in [6.45, 7) is 4.12. The molecule has 0 bridgehead atoms. The summed E-state index contributed by atoms with van der Waals surface area (Å²) in [6, 6.07) is 2.04. The van der Waals surface area contributed by atoms with Gasteiger partial charge in [-0.25, -0.2) is 0 Å². The van der Waals surface area contributed by atoms with E-state index in [2.05, 4.69) is 13.8 Å². The molecule has 0 aromatic carbocycles. The van der Waals surface area contributed by atoms with Crippen molar-refractivity contribution in [1.82, 2.24) is 0 Å². The second-order valence-corrected chi connectivity index (χ2v) is 4.59. The van der Waals surface area contributed by atoms with Gasteiger partial charge in [0.05, 0.1) is 6.07 Å². The Kier molecular flexibility index (Phi) is 6.15. The monoisotopic (exact) mass is 173 g/mol. The van der Waals surface area contributed by atoms with Crippen molar-refractivity contribution in [3.8, 4) is 6.07 Å². The molecule has 0 N–H and O–H groups in total. The first-order valence-corrected chi connectivity index (χ1v) is 5.37. The van der Waals surface area contributed by atoms with Crippen molar-refractivity contribution in [3.63, 3.8) is 0 Å². The van der Waals surface area contributed by atoms with E-state index in [1.165, 1.54) is 0 Å². The molecule has 1 atom stereocenters. The van der Waals surface area contributed by atoms with Crippen molar-refractivity contribution >= 4 is 10.8 Å². The van der Waals surface area contributed by atoms with Crippen LogP contribution in [0.5, 0.6) is 0 Å². The molecule has 0 amide bonds. The Morgan fingerprint density at radius 2 is 2.18 bits per heavy atom. The number of unbranched alkanes of at least 4 members (excludes halogenated alkanes) is 1. The van der Waals surface area contributed by atoms with Gasteiger partial charge in [0, 0.05) is 28.7 Å². The molecule has 0 fully saturated rings. The Bertz CT molecular complexity index is 160. The molecule has 0 aliphatic rings. The van der Waals surface area contributed by atoms with Gasteiger partial charge in [0.2, 0.25) is 0 Å². The van der Waals surface area contributed by atoms with Crippen LogP contribution in [-0.2, 0) is 10.8 Å². The highest BCUT2D eigenvalue weighted by Crippen LogP contribution is 1.98. The molecule has 0 heterocycles. The Balaban J connectivity index is 3.32. The maximum absolute atomic E-state index is 11.1. The molecule has 11 heavy (non-hydrogen) atoms. The van der Waals surface area contributed by atoms with E-state index in [1.807, 2.05) is 6.07 Å². The zero-order valence-corrected chi connectivity index (χ0v) is 7.99. The summed E-state index contributed by atoms with van der Waals surface area (Å²) in [6.07, 6.45) is 1.31. The molecule has 0 aromatic rings. The van der Waals surface area contributed by atoms with Gasteiger partial charge in [-0.05, 0) is 12.3 Å². The third kappa shape index (κ3) is 7.54. The van der Waals surface area contributed by atoms with E-state index >= 15 is 0 Å². The largest absolute Gasteiger partial charge is 0.260 e. The predicted molar refractivity (Wildman–Crippen MR) is 47.6 cm³/mol. The second kappa shape index (κ2) is 6.36. The molecule has 3 heteroatoms. The van der Waals surface area contributed by atoms with E-state index in [1.54, 1.807) is 0 Å². The van der Waals surface area contributed by atoms with Crippen LogP contribution < -0.4 is 0 Å². The fraction of sp³-hybridized carbons (Fsp3) is 0.875. The van der Waals surface area contributed by atoms with Crippen LogP contribution in [0.4, 0.5) is 0 Å². The second-order valence-electron chi connectivity index (χ2n) is 2.97. The molecular formula is C8H15NOS. The zero-order valence-electron chi connectivity index (χ0n) is 7.17. The van der Waals surface area contributed by atoms with Crippen molar-refractivity contribution in [2.45, 2.75) is 26.7 Å². The summed E-state index contributed by atoms with van der Waals surface area (Å²) in [5.74, 6) is 1.95. The maximum atomic E-state index is 11.1. The van der Waals surface area contributed by atoms with Gasteiger partial charge in [0.1, 0.15) is 0 Å². The smallest absolute Gasteiger partial charge is 0.0622 e. The standard InChI is InChI=1S/C8H15NOS/c1-8(2)7-11(10)6-4-3-5-9/h8H,3-4,6-7H2,1-2H3. The molecule has 0 saturated carbocycles. The fourth-order valence-corrected chi connectivity index (χ4v) is 2.14. The molecule has 2 nitrogen and oxygen atoms in total. The Morgan fingerprint density at radius 3 is 2.64 bits per heavy atom. The van der Waals surface area contributed by atoms with Gasteiger partial charge in [-0.2, -0.15) is 5.26 Å². The lowest BCUT2D eigenvalue weighted by molar-refractivity contribution is 0.662. The van der Waals surface area contributed by atoms with Crippen LogP contribution in [0.2, 0.25) is 0 Å². The van der Waals surface area contributed by atoms with E-state index in [0.29, 0.717) is 18.1 Å². The summed E-state index contributed by atoms with van der Waals surface area (Å²) in [5, 5.41) is 8.21. The Labute approximate surface area is 71.1 Å². The summed E-state index contributed by atoms with van der Waals surface area (Å²) < 4.78 is 11.1. The van der Waals surface area contributed by atoms with Crippen LogP contribution in [0, 0.1) is 17.2 Å². The van der Waals surface area contributed by atoms with E-state index in [4.69, 9.17) is 5.26 Å². The zero-order chi connectivity index (χ0) is 8.69. The van der Waals surface area contributed by atoms with E-state index in [0.717, 1.165) is 12.2 Å². The predicted octanol–water partition coefficient (Wildman–Crippen LogP) is 1.69. The van der Waals surface area contributed by atoms with Crippen molar-refractivity contribution in [2.75, 3.05) is 11.5 Å². The lowest BCUT2D eigenvalue weighted by Gasteiger charge is -2.02. The summed E-state index contributed by atoms with van der Waals surface area (Å²) >= 11 is 0. The lowest BCUT2D eigenvalue weighted by atomic mass is 10.3. The first-order chi connectivity index (χ1) is 5.16. The van der Waals surface area contributed by atoms with Crippen LogP contribution in [0.25, 0.3) is 0 Å². The minimum Gasteiger partial charge on any atom is -0.260 e. The Morgan fingerprint density at radius 1 is 1.55 bits per heavy atom. The lowest BCUT2D eigenvalue weighted by Crippen LogP contribution is -2.07. The van der Waals surface area contributed by atoms with Gasteiger partial charge in [-0.1, -0.05) is 13.8 Å². The van der Waals surface area contributed by atoms with Crippen LogP contribution in [0.15, 0.2) is 0 Å². The quantitative estimate of drug-likeness (QED) is 0.594. The van der Waals surface area contributed by atoms with Crippen LogP contribution >= 0.6 is 0 Å². The van der Waals surface area contributed by atoms with Crippen molar-refractivity contribution < 1.29 is 4.21 Å². The number of nitrogens with zero attached hydrogens (tertiary/aromatic N) is 1. The van der Waals surface area contributed by atoms with Gasteiger partial charge < -0.3 is 0 Å². The summed E-state index contributed by atoms with van der Waals surface area (Å²) in [5.41, 5.74) is 0. The normalized spacial score (nSPS) is 12.9. The first kappa shape index (κ1) is 10.6. The Hall–Kier alpha value is -0.360. The minimum absolute atomic E-state index is 0.498. The van der Waals surface area contributed by atoms with Crippen molar-refractivity contribution in [1.29, 1.82) is 5.26 Å². The molecule has 0 aromatic heterocycles. The van der Waals surface area contributed by atoms with Gasteiger partial charge in [-0.3, -0.25) is 4.21 Å². The van der Waals surface area contributed by atoms with Gasteiger partial charge in [-0.15, -0.1) is 0 Å². The van der Waals surface area contributed by atoms with Gasteiger partial charge in [0.25, 0.3) is 0 Å². The molecule has 0 radical (unpaired) electrons. The van der Waals surface area contributed by atoms with E-state index in [9.17, 15) is 4.21 Å². The average Bonchev–Trinajstić information content (AvgIpc) is 1.86. The highest BCUT2D eigenvalue weighted by molar-refractivity contribution is 7.84. The van der Waals surface area contributed by atoms with Crippen molar-refractivity contribution in [3.05, 3.63) is 0 Å². The first-order valence-electron chi connectivity index (χ1n) is 3.88.